The molecule has 0 saturated carbocycles. The highest BCUT2D eigenvalue weighted by molar-refractivity contribution is 7.88. The van der Waals surface area contributed by atoms with Gasteiger partial charge < -0.3 is 9.47 Å². The molecule has 2 atom stereocenters. The predicted octanol–water partition coefficient (Wildman–Crippen LogP) is 0.236. The second-order valence-electron chi connectivity index (χ2n) is 4.66. The summed E-state index contributed by atoms with van der Waals surface area (Å²) in [7, 11) is -1.69. The van der Waals surface area contributed by atoms with Crippen molar-refractivity contribution in [3.05, 3.63) is 0 Å². The van der Waals surface area contributed by atoms with E-state index in [1.807, 2.05) is 0 Å². The van der Waals surface area contributed by atoms with Crippen molar-refractivity contribution < 1.29 is 22.7 Å². The van der Waals surface area contributed by atoms with Crippen LogP contribution in [-0.2, 0) is 24.3 Å². The third kappa shape index (κ3) is 4.55. The number of esters is 1. The Bertz CT molecular complexity index is 381. The summed E-state index contributed by atoms with van der Waals surface area (Å²) in [5.74, 6) is -0.708. The fraction of sp³-hybridized carbons (Fsp3) is 0.909. The maximum atomic E-state index is 11.9. The summed E-state index contributed by atoms with van der Waals surface area (Å²) in [6, 6.07) is 0. The van der Waals surface area contributed by atoms with Crippen molar-refractivity contribution in [2.24, 2.45) is 5.92 Å². The van der Waals surface area contributed by atoms with Crippen molar-refractivity contribution in [3.8, 4) is 0 Å². The van der Waals surface area contributed by atoms with Gasteiger partial charge in [0, 0.05) is 20.2 Å². The van der Waals surface area contributed by atoms with Crippen molar-refractivity contribution in [2.75, 3.05) is 33.1 Å². The first-order valence-corrected chi connectivity index (χ1v) is 7.84. The number of rotatable bonds is 5. The van der Waals surface area contributed by atoms with Gasteiger partial charge >= 0.3 is 5.97 Å². The average Bonchev–Trinajstić information content (AvgIpc) is 2.28. The van der Waals surface area contributed by atoms with Crippen molar-refractivity contribution in [1.29, 1.82) is 0 Å². The Balaban J connectivity index is 2.53. The van der Waals surface area contributed by atoms with Crippen molar-refractivity contribution in [3.63, 3.8) is 0 Å². The molecule has 1 aliphatic heterocycles. The van der Waals surface area contributed by atoms with E-state index in [1.165, 1.54) is 11.4 Å². The molecule has 0 N–H and O–H groups in total. The van der Waals surface area contributed by atoms with Crippen LogP contribution < -0.4 is 0 Å². The maximum absolute atomic E-state index is 11.9. The molecule has 0 spiro atoms. The zero-order valence-electron chi connectivity index (χ0n) is 11.1. The Morgan fingerprint density at radius 3 is 2.72 bits per heavy atom. The van der Waals surface area contributed by atoms with Crippen molar-refractivity contribution in [1.82, 2.24) is 4.31 Å². The van der Waals surface area contributed by atoms with E-state index in [0.717, 1.165) is 6.26 Å². The molecule has 0 bridgehead atoms. The Morgan fingerprint density at radius 2 is 2.17 bits per heavy atom. The molecule has 0 aromatic carbocycles. The van der Waals surface area contributed by atoms with E-state index in [1.54, 1.807) is 6.92 Å². The van der Waals surface area contributed by atoms with Crippen LogP contribution in [0.4, 0.5) is 0 Å². The van der Waals surface area contributed by atoms with Gasteiger partial charge in [-0.15, -0.1) is 0 Å². The van der Waals surface area contributed by atoms with Gasteiger partial charge in [0.15, 0.2) is 0 Å². The van der Waals surface area contributed by atoms with Crippen LogP contribution in [0.1, 0.15) is 19.8 Å². The van der Waals surface area contributed by atoms with Crippen molar-refractivity contribution >= 4 is 16.0 Å². The number of methoxy groups -OCH3 is 1. The Labute approximate surface area is 108 Å². The molecular formula is C11H21NO5S. The summed E-state index contributed by atoms with van der Waals surface area (Å²) in [5, 5.41) is 0. The fourth-order valence-electron chi connectivity index (χ4n) is 2.00. The van der Waals surface area contributed by atoms with Crippen LogP contribution in [0.2, 0.25) is 0 Å². The minimum absolute atomic E-state index is 0.220. The lowest BCUT2D eigenvalue weighted by Gasteiger charge is -2.30. The molecule has 0 aliphatic carbocycles. The summed E-state index contributed by atoms with van der Waals surface area (Å²) in [5.41, 5.74) is 0. The minimum atomic E-state index is -3.23. The number of hydrogen-bond donors (Lipinski definition) is 0. The number of carbonyl (C=O) groups excluding carboxylic acids is 1. The van der Waals surface area contributed by atoms with Crippen LogP contribution in [0.15, 0.2) is 0 Å². The third-order valence-electron chi connectivity index (χ3n) is 2.91. The molecular weight excluding hydrogens is 258 g/mol. The molecule has 106 valence electrons. The van der Waals surface area contributed by atoms with Gasteiger partial charge in [-0.25, -0.2) is 12.7 Å². The molecule has 1 fully saturated rings. The van der Waals surface area contributed by atoms with E-state index in [-0.39, 0.29) is 24.5 Å². The largest absolute Gasteiger partial charge is 0.460 e. The maximum Gasteiger partial charge on any atom is 0.310 e. The zero-order valence-corrected chi connectivity index (χ0v) is 11.9. The Hall–Kier alpha value is -0.660. The number of sulfonamides is 1. The summed E-state index contributed by atoms with van der Waals surface area (Å²) in [6.45, 7) is 2.79. The standard InChI is InChI=1S/C11H21NO5S/c1-9(8-16-2)17-11(13)10-5-4-6-12(7-10)18(3,14)15/h9-10H,4-8H2,1-3H3. The number of piperidine rings is 1. The Kier molecular flexibility index (Phi) is 5.55. The van der Waals surface area contributed by atoms with Gasteiger partial charge in [0.2, 0.25) is 10.0 Å². The lowest BCUT2D eigenvalue weighted by molar-refractivity contribution is -0.156. The first-order valence-electron chi connectivity index (χ1n) is 5.99. The predicted molar refractivity (Wildman–Crippen MR) is 66.6 cm³/mol. The second-order valence-corrected chi connectivity index (χ2v) is 6.65. The molecule has 0 radical (unpaired) electrons. The highest BCUT2D eigenvalue weighted by atomic mass is 32.2. The van der Waals surface area contributed by atoms with Crippen LogP contribution in [-0.4, -0.2) is 57.9 Å². The van der Waals surface area contributed by atoms with Gasteiger partial charge in [0.1, 0.15) is 6.10 Å². The van der Waals surface area contributed by atoms with Crippen LogP contribution in [0.25, 0.3) is 0 Å². The van der Waals surface area contributed by atoms with Gasteiger partial charge in [-0.3, -0.25) is 4.79 Å². The van der Waals surface area contributed by atoms with Gasteiger partial charge in [-0.1, -0.05) is 0 Å². The Morgan fingerprint density at radius 1 is 1.50 bits per heavy atom. The number of ether oxygens (including phenoxy) is 2. The fourth-order valence-corrected chi connectivity index (χ4v) is 2.91. The monoisotopic (exact) mass is 279 g/mol. The van der Waals surface area contributed by atoms with Crippen LogP contribution >= 0.6 is 0 Å². The SMILES string of the molecule is COCC(C)OC(=O)C1CCCN(S(C)(=O)=O)C1. The van der Waals surface area contributed by atoms with Crippen LogP contribution in [0.5, 0.6) is 0 Å². The van der Waals surface area contributed by atoms with E-state index in [4.69, 9.17) is 9.47 Å². The molecule has 1 heterocycles. The summed E-state index contributed by atoms with van der Waals surface area (Å²) < 4.78 is 34.3. The van der Waals surface area contributed by atoms with E-state index in [0.29, 0.717) is 26.0 Å². The molecule has 1 aliphatic rings. The quantitative estimate of drug-likeness (QED) is 0.674. The van der Waals surface area contributed by atoms with E-state index in [9.17, 15) is 13.2 Å². The van der Waals surface area contributed by atoms with Crippen LogP contribution in [0, 0.1) is 5.92 Å². The lowest BCUT2D eigenvalue weighted by Crippen LogP contribution is -2.42. The van der Waals surface area contributed by atoms with Gasteiger partial charge in [0.05, 0.1) is 18.8 Å². The van der Waals surface area contributed by atoms with Gasteiger partial charge in [0.25, 0.3) is 0 Å². The summed E-state index contributed by atoms with van der Waals surface area (Å²) in [4.78, 5) is 11.9. The minimum Gasteiger partial charge on any atom is -0.460 e. The zero-order chi connectivity index (χ0) is 13.8. The third-order valence-corrected chi connectivity index (χ3v) is 4.17. The lowest BCUT2D eigenvalue weighted by atomic mass is 10.00. The highest BCUT2D eigenvalue weighted by Gasteiger charge is 2.31. The highest BCUT2D eigenvalue weighted by Crippen LogP contribution is 2.20. The number of carbonyl (C=O) groups is 1. The first kappa shape index (κ1) is 15.4. The number of hydrogen-bond acceptors (Lipinski definition) is 5. The average molecular weight is 279 g/mol. The van der Waals surface area contributed by atoms with E-state index < -0.39 is 10.0 Å². The molecule has 1 rings (SSSR count). The molecule has 7 heteroatoms. The topological polar surface area (TPSA) is 72.9 Å². The second kappa shape index (κ2) is 6.49. The van der Waals surface area contributed by atoms with E-state index in [2.05, 4.69) is 0 Å². The van der Waals surface area contributed by atoms with Gasteiger partial charge in [-0.05, 0) is 19.8 Å². The number of nitrogens with zero attached hydrogens (tertiary/aromatic N) is 1. The summed E-state index contributed by atoms with van der Waals surface area (Å²) in [6.07, 6.45) is 2.21. The van der Waals surface area contributed by atoms with Gasteiger partial charge in [-0.2, -0.15) is 0 Å². The van der Waals surface area contributed by atoms with Crippen LogP contribution in [0.3, 0.4) is 0 Å². The molecule has 18 heavy (non-hydrogen) atoms. The molecule has 1 saturated heterocycles. The molecule has 6 nitrogen and oxygen atoms in total. The first-order chi connectivity index (χ1) is 8.34. The molecule has 0 aromatic rings. The van der Waals surface area contributed by atoms with E-state index >= 15 is 0 Å². The normalized spacial score (nSPS) is 23.6. The molecule has 0 amide bonds. The molecule has 2 unspecified atom stereocenters. The molecule has 0 aromatic heterocycles. The summed E-state index contributed by atoms with van der Waals surface area (Å²) >= 11 is 0. The van der Waals surface area contributed by atoms with Crippen molar-refractivity contribution in [2.45, 2.75) is 25.9 Å². The smallest absolute Gasteiger partial charge is 0.310 e.